The van der Waals surface area contributed by atoms with Gasteiger partial charge in [-0.25, -0.2) is 4.98 Å². The molecule has 4 rings (SSSR count). The largest absolute Gasteiger partial charge is 0.295 e. The van der Waals surface area contributed by atoms with Gasteiger partial charge < -0.3 is 0 Å². The predicted octanol–water partition coefficient (Wildman–Crippen LogP) is 3.04. The van der Waals surface area contributed by atoms with Gasteiger partial charge in [0.2, 0.25) is 0 Å². The minimum absolute atomic E-state index is 0.146. The molecule has 0 bridgehead atoms. The molecule has 2 aromatic heterocycles. The van der Waals surface area contributed by atoms with Crippen molar-refractivity contribution in [3.05, 3.63) is 76.8 Å². The number of hydrogen-bond donors (Lipinski definition) is 0. The Balaban J connectivity index is 1.63. The third kappa shape index (κ3) is 2.94. The molecule has 0 aliphatic heterocycles. The summed E-state index contributed by atoms with van der Waals surface area (Å²) in [6.45, 7) is 2.06. The topological polar surface area (TPSA) is 65.6 Å². The quantitative estimate of drug-likeness (QED) is 0.530. The van der Waals surface area contributed by atoms with Crippen LogP contribution in [0, 0.1) is 6.92 Å². The first-order valence-electron chi connectivity index (χ1n) is 7.79. The average Bonchev–Trinajstić information content (AvgIpc) is 3.10. The Morgan fingerprint density at radius 1 is 1.08 bits per heavy atom. The van der Waals surface area contributed by atoms with Gasteiger partial charge in [-0.15, -0.1) is 5.10 Å². The molecule has 7 heteroatoms. The van der Waals surface area contributed by atoms with Crippen molar-refractivity contribution in [3.63, 3.8) is 0 Å². The number of aryl methyl sites for hydroxylation is 1. The Hall–Kier alpha value is -2.93. The minimum Gasteiger partial charge on any atom is -0.295 e. The summed E-state index contributed by atoms with van der Waals surface area (Å²) in [5, 5.41) is 9.50. The van der Waals surface area contributed by atoms with E-state index in [4.69, 9.17) is 0 Å². The number of para-hydroxylation sites is 1. The van der Waals surface area contributed by atoms with Crippen molar-refractivity contribution in [2.45, 2.75) is 18.0 Å². The third-order valence-electron chi connectivity index (χ3n) is 3.93. The highest BCUT2D eigenvalue weighted by Crippen LogP contribution is 2.23. The number of aromatic nitrogens is 5. The predicted molar refractivity (Wildman–Crippen MR) is 98.0 cm³/mol. The first kappa shape index (κ1) is 15.6. The molecule has 0 atom stereocenters. The van der Waals surface area contributed by atoms with Crippen molar-refractivity contribution in [1.82, 2.24) is 24.5 Å². The molecular formula is C18H15N5OS. The second-order valence-electron chi connectivity index (χ2n) is 5.55. The van der Waals surface area contributed by atoms with Crippen LogP contribution in [0.2, 0.25) is 0 Å². The maximum absolute atomic E-state index is 12.5. The van der Waals surface area contributed by atoms with E-state index in [1.165, 1.54) is 16.4 Å². The Labute approximate surface area is 148 Å². The van der Waals surface area contributed by atoms with Gasteiger partial charge in [0.05, 0.1) is 17.0 Å². The minimum atomic E-state index is -0.146. The summed E-state index contributed by atoms with van der Waals surface area (Å²) in [6, 6.07) is 15.3. The molecule has 0 radical (unpaired) electrons. The van der Waals surface area contributed by atoms with Gasteiger partial charge in [0, 0.05) is 12.4 Å². The van der Waals surface area contributed by atoms with Gasteiger partial charge in [0.1, 0.15) is 5.52 Å². The number of nitrogens with zero attached hydrogens (tertiary/aromatic N) is 5. The van der Waals surface area contributed by atoms with Crippen molar-refractivity contribution < 1.29 is 0 Å². The first-order chi connectivity index (χ1) is 12.2. The molecule has 0 unspecified atom stereocenters. The van der Waals surface area contributed by atoms with E-state index in [1.807, 2.05) is 41.1 Å². The number of hydrogen-bond acceptors (Lipinski definition) is 5. The van der Waals surface area contributed by atoms with Crippen LogP contribution in [-0.4, -0.2) is 24.5 Å². The van der Waals surface area contributed by atoms with Crippen LogP contribution in [0.1, 0.15) is 5.56 Å². The highest BCUT2D eigenvalue weighted by molar-refractivity contribution is 7.98. The van der Waals surface area contributed by atoms with Crippen molar-refractivity contribution in [3.8, 4) is 5.69 Å². The molecule has 0 fully saturated rings. The maximum Gasteiger partial charge on any atom is 0.278 e. The molecule has 0 saturated heterocycles. The number of imidazole rings is 1. The average molecular weight is 349 g/mol. The monoisotopic (exact) mass is 349 g/mol. The second-order valence-corrected chi connectivity index (χ2v) is 6.46. The third-order valence-corrected chi connectivity index (χ3v) is 4.86. The number of benzene rings is 2. The smallest absolute Gasteiger partial charge is 0.278 e. The van der Waals surface area contributed by atoms with E-state index in [9.17, 15) is 4.79 Å². The van der Waals surface area contributed by atoms with Crippen molar-refractivity contribution in [2.24, 2.45) is 0 Å². The summed E-state index contributed by atoms with van der Waals surface area (Å²) in [6.07, 6.45) is 3.67. The van der Waals surface area contributed by atoms with Gasteiger partial charge in [-0.3, -0.25) is 9.36 Å². The SMILES string of the molecule is Cc1ccccc1-n1ccnc1SCn1nnc2ccccc2c1=O. The van der Waals surface area contributed by atoms with Gasteiger partial charge in [-0.1, -0.05) is 47.3 Å². The van der Waals surface area contributed by atoms with Gasteiger partial charge in [0.15, 0.2) is 5.16 Å². The first-order valence-corrected chi connectivity index (χ1v) is 8.77. The van der Waals surface area contributed by atoms with E-state index < -0.39 is 0 Å². The Morgan fingerprint density at radius 2 is 1.88 bits per heavy atom. The summed E-state index contributed by atoms with van der Waals surface area (Å²) in [4.78, 5) is 16.9. The summed E-state index contributed by atoms with van der Waals surface area (Å²) in [7, 11) is 0. The van der Waals surface area contributed by atoms with E-state index in [1.54, 1.807) is 18.3 Å². The summed E-state index contributed by atoms with van der Waals surface area (Å²) >= 11 is 1.45. The lowest BCUT2D eigenvalue weighted by Crippen LogP contribution is -2.23. The molecule has 124 valence electrons. The molecule has 25 heavy (non-hydrogen) atoms. The van der Waals surface area contributed by atoms with Crippen LogP contribution in [0.3, 0.4) is 0 Å². The normalized spacial score (nSPS) is 11.1. The van der Waals surface area contributed by atoms with Gasteiger partial charge in [-0.2, -0.15) is 4.68 Å². The maximum atomic E-state index is 12.5. The van der Waals surface area contributed by atoms with E-state index in [2.05, 4.69) is 28.3 Å². The second kappa shape index (κ2) is 6.52. The van der Waals surface area contributed by atoms with Crippen LogP contribution in [0.4, 0.5) is 0 Å². The summed E-state index contributed by atoms with van der Waals surface area (Å²) < 4.78 is 3.38. The molecule has 0 aliphatic rings. The molecule has 0 saturated carbocycles. The fourth-order valence-corrected chi connectivity index (χ4v) is 3.48. The van der Waals surface area contributed by atoms with E-state index in [0.29, 0.717) is 16.8 Å². The number of fused-ring (bicyclic) bond motifs is 1. The zero-order valence-electron chi connectivity index (χ0n) is 13.5. The number of thioether (sulfide) groups is 1. The van der Waals surface area contributed by atoms with Crippen LogP contribution in [0.25, 0.3) is 16.6 Å². The van der Waals surface area contributed by atoms with E-state index in [-0.39, 0.29) is 5.56 Å². The Bertz CT molecular complexity index is 1100. The number of rotatable bonds is 4. The standard InChI is InChI=1S/C18H15N5OS/c1-13-6-2-5-9-16(13)22-11-10-19-18(22)25-12-23-17(24)14-7-3-4-8-15(14)20-21-23/h2-11H,12H2,1H3. The van der Waals surface area contributed by atoms with Crippen LogP contribution < -0.4 is 5.56 Å². The molecule has 0 spiro atoms. The summed E-state index contributed by atoms with van der Waals surface area (Å²) in [5.74, 6) is 0.347. The van der Waals surface area contributed by atoms with Gasteiger partial charge >= 0.3 is 0 Å². The lowest BCUT2D eigenvalue weighted by atomic mass is 10.2. The zero-order chi connectivity index (χ0) is 17.2. The Morgan fingerprint density at radius 3 is 2.76 bits per heavy atom. The lowest BCUT2D eigenvalue weighted by Gasteiger charge is -2.10. The van der Waals surface area contributed by atoms with Gasteiger partial charge in [-0.05, 0) is 30.7 Å². The van der Waals surface area contributed by atoms with Crippen LogP contribution in [-0.2, 0) is 5.88 Å². The van der Waals surface area contributed by atoms with Crippen LogP contribution in [0.15, 0.2) is 70.9 Å². The molecule has 4 aromatic rings. The summed E-state index contributed by atoms with van der Waals surface area (Å²) in [5.41, 5.74) is 2.69. The van der Waals surface area contributed by atoms with Crippen molar-refractivity contribution >= 4 is 22.7 Å². The molecule has 2 aromatic carbocycles. The van der Waals surface area contributed by atoms with Crippen molar-refractivity contribution in [2.75, 3.05) is 0 Å². The van der Waals surface area contributed by atoms with Crippen LogP contribution >= 0.6 is 11.8 Å². The molecule has 2 heterocycles. The fourth-order valence-electron chi connectivity index (χ4n) is 2.64. The highest BCUT2D eigenvalue weighted by Gasteiger charge is 2.10. The Kier molecular flexibility index (Phi) is 4.07. The molecular weight excluding hydrogens is 334 g/mol. The molecule has 6 nitrogen and oxygen atoms in total. The highest BCUT2D eigenvalue weighted by atomic mass is 32.2. The van der Waals surface area contributed by atoms with E-state index in [0.717, 1.165) is 16.4 Å². The molecule has 0 amide bonds. The zero-order valence-corrected chi connectivity index (χ0v) is 14.3. The lowest BCUT2D eigenvalue weighted by molar-refractivity contribution is 0.643. The fraction of sp³-hybridized carbons (Fsp3) is 0.111. The molecule has 0 aliphatic carbocycles. The van der Waals surface area contributed by atoms with E-state index >= 15 is 0 Å². The van der Waals surface area contributed by atoms with Gasteiger partial charge in [0.25, 0.3) is 5.56 Å². The van der Waals surface area contributed by atoms with Crippen LogP contribution in [0.5, 0.6) is 0 Å². The molecule has 0 N–H and O–H groups in total. The van der Waals surface area contributed by atoms with Crippen molar-refractivity contribution in [1.29, 1.82) is 0 Å².